The van der Waals surface area contributed by atoms with Gasteiger partial charge in [-0.3, -0.25) is 4.79 Å². The molecule has 1 aromatic rings. The van der Waals surface area contributed by atoms with Gasteiger partial charge >= 0.3 is 0 Å². The highest BCUT2D eigenvalue weighted by Gasteiger charge is 2.39. The summed E-state index contributed by atoms with van der Waals surface area (Å²) in [5.74, 6) is 1.71. The molecule has 1 N–H and O–H groups in total. The summed E-state index contributed by atoms with van der Waals surface area (Å²) in [6.45, 7) is 1.75. The second-order valence-corrected chi connectivity index (χ2v) is 6.36. The molecule has 0 radical (unpaired) electrons. The van der Waals surface area contributed by atoms with Crippen molar-refractivity contribution in [3.63, 3.8) is 0 Å². The highest BCUT2D eigenvalue weighted by atomic mass is 16.5. The molecule has 0 bridgehead atoms. The van der Waals surface area contributed by atoms with Gasteiger partial charge in [-0.05, 0) is 42.5 Å². The Balaban J connectivity index is 1.78. The van der Waals surface area contributed by atoms with Crippen LogP contribution in [-0.4, -0.2) is 38.1 Å². The first-order chi connectivity index (χ1) is 11.2. The Morgan fingerprint density at radius 3 is 2.74 bits per heavy atom. The van der Waals surface area contributed by atoms with E-state index in [1.54, 1.807) is 14.2 Å². The van der Waals surface area contributed by atoms with E-state index in [2.05, 4.69) is 11.4 Å². The third-order valence-electron chi connectivity index (χ3n) is 5.23. The van der Waals surface area contributed by atoms with Crippen molar-refractivity contribution in [2.24, 2.45) is 0 Å². The molecule has 0 saturated heterocycles. The third-order valence-corrected chi connectivity index (χ3v) is 5.23. The summed E-state index contributed by atoms with van der Waals surface area (Å²) in [4.78, 5) is 14.9. The highest BCUT2D eigenvalue weighted by Crippen LogP contribution is 2.43. The van der Waals surface area contributed by atoms with Crippen molar-refractivity contribution in [3.05, 3.63) is 34.5 Å². The number of carbonyl (C=O) groups excluding carboxylic acids is 1. The minimum atomic E-state index is 0.107. The molecule has 3 heterocycles. The van der Waals surface area contributed by atoms with Gasteiger partial charge in [0, 0.05) is 30.8 Å². The molecule has 3 aliphatic heterocycles. The molecule has 0 aliphatic carbocycles. The quantitative estimate of drug-likeness (QED) is 0.909. The van der Waals surface area contributed by atoms with Gasteiger partial charge in [-0.25, -0.2) is 0 Å². The van der Waals surface area contributed by atoms with Gasteiger partial charge in [0.05, 0.1) is 20.3 Å². The summed E-state index contributed by atoms with van der Waals surface area (Å²) in [6.07, 6.45) is 3.70. The third kappa shape index (κ3) is 2.18. The lowest BCUT2D eigenvalue weighted by Crippen LogP contribution is -2.46. The van der Waals surface area contributed by atoms with E-state index in [0.717, 1.165) is 61.5 Å². The summed E-state index contributed by atoms with van der Waals surface area (Å²) in [5.41, 5.74) is 4.60. The summed E-state index contributed by atoms with van der Waals surface area (Å²) in [7, 11) is 3.31. The molecule has 0 spiro atoms. The van der Waals surface area contributed by atoms with Gasteiger partial charge < -0.3 is 19.7 Å². The molecule has 5 nitrogen and oxygen atoms in total. The smallest absolute Gasteiger partial charge is 0.252 e. The Morgan fingerprint density at radius 1 is 1.17 bits per heavy atom. The number of hydrogen-bond donors (Lipinski definition) is 1. The van der Waals surface area contributed by atoms with E-state index in [1.165, 1.54) is 11.1 Å². The number of amides is 1. The lowest BCUT2D eigenvalue weighted by molar-refractivity contribution is -0.131. The fraction of sp³-hybridized carbons (Fsp3) is 0.500. The first-order valence-electron chi connectivity index (χ1n) is 8.24. The molecule has 0 saturated carbocycles. The topological polar surface area (TPSA) is 50.8 Å². The Hall–Kier alpha value is -2.17. The number of fused-ring (bicyclic) bond motifs is 3. The van der Waals surface area contributed by atoms with Gasteiger partial charge in [-0.1, -0.05) is 0 Å². The minimum absolute atomic E-state index is 0.107. The molecule has 5 heteroatoms. The number of carbonyl (C=O) groups is 1. The van der Waals surface area contributed by atoms with E-state index in [1.807, 2.05) is 11.0 Å². The highest BCUT2D eigenvalue weighted by molar-refractivity contribution is 5.96. The number of hydrogen-bond acceptors (Lipinski definition) is 4. The Bertz CT molecular complexity index is 696. The van der Waals surface area contributed by atoms with Crippen molar-refractivity contribution in [2.75, 3.05) is 27.3 Å². The van der Waals surface area contributed by atoms with Crippen molar-refractivity contribution in [1.82, 2.24) is 10.2 Å². The van der Waals surface area contributed by atoms with Gasteiger partial charge in [0.1, 0.15) is 0 Å². The van der Waals surface area contributed by atoms with Gasteiger partial charge in [-0.15, -0.1) is 0 Å². The van der Waals surface area contributed by atoms with Crippen LogP contribution in [0.3, 0.4) is 0 Å². The van der Waals surface area contributed by atoms with Crippen LogP contribution in [0.1, 0.15) is 36.4 Å². The molecule has 3 aliphatic rings. The minimum Gasteiger partial charge on any atom is -0.493 e. The first kappa shape index (κ1) is 14.4. The lowest BCUT2D eigenvalue weighted by atomic mass is 9.83. The van der Waals surface area contributed by atoms with E-state index in [-0.39, 0.29) is 11.9 Å². The number of rotatable bonds is 2. The molecule has 1 atom stereocenters. The van der Waals surface area contributed by atoms with E-state index >= 15 is 0 Å². The predicted molar refractivity (Wildman–Crippen MR) is 86.6 cm³/mol. The summed E-state index contributed by atoms with van der Waals surface area (Å²) >= 11 is 0. The SMILES string of the molecule is COc1cc2c(cc1OC)[C@H]1CC3=C(CCCN3)C(=O)N1CC2. The standard InChI is InChI=1S/C18H22N2O3/c1-22-16-8-11-5-7-20-15(13(11)9-17(16)23-2)10-14-12(18(20)21)4-3-6-19-14/h8-9,15,19H,3-7,10H2,1-2H3/t15-/m1/s1. The molecule has 122 valence electrons. The molecule has 1 aromatic carbocycles. The number of nitrogens with one attached hydrogen (secondary N) is 1. The average molecular weight is 314 g/mol. The monoisotopic (exact) mass is 314 g/mol. The summed E-state index contributed by atoms with van der Waals surface area (Å²) in [5, 5.41) is 3.44. The molecule has 0 aromatic heterocycles. The summed E-state index contributed by atoms with van der Waals surface area (Å²) < 4.78 is 10.9. The van der Waals surface area contributed by atoms with Crippen molar-refractivity contribution in [1.29, 1.82) is 0 Å². The van der Waals surface area contributed by atoms with Gasteiger partial charge in [0.15, 0.2) is 11.5 Å². The Kier molecular flexibility index (Phi) is 3.43. The van der Waals surface area contributed by atoms with Crippen molar-refractivity contribution in [3.8, 4) is 11.5 Å². The molecule has 4 rings (SSSR count). The Morgan fingerprint density at radius 2 is 1.96 bits per heavy atom. The van der Waals surface area contributed by atoms with Gasteiger partial charge in [0.2, 0.25) is 0 Å². The maximum Gasteiger partial charge on any atom is 0.252 e. The number of nitrogens with zero attached hydrogens (tertiary/aromatic N) is 1. The van der Waals surface area contributed by atoms with Crippen LogP contribution in [0, 0.1) is 0 Å². The van der Waals surface area contributed by atoms with Crippen LogP contribution < -0.4 is 14.8 Å². The fourth-order valence-electron chi connectivity index (χ4n) is 4.05. The molecular formula is C18H22N2O3. The maximum atomic E-state index is 12.9. The zero-order valence-corrected chi connectivity index (χ0v) is 13.6. The Labute approximate surface area is 136 Å². The molecule has 23 heavy (non-hydrogen) atoms. The van der Waals surface area contributed by atoms with Crippen LogP contribution in [0.25, 0.3) is 0 Å². The second-order valence-electron chi connectivity index (χ2n) is 6.36. The number of benzene rings is 1. The van der Waals surface area contributed by atoms with E-state index in [4.69, 9.17) is 9.47 Å². The molecule has 1 amide bonds. The zero-order valence-electron chi connectivity index (χ0n) is 13.6. The first-order valence-corrected chi connectivity index (χ1v) is 8.24. The van der Waals surface area contributed by atoms with Gasteiger partial charge in [-0.2, -0.15) is 0 Å². The van der Waals surface area contributed by atoms with Crippen LogP contribution in [-0.2, 0) is 11.2 Å². The molecule has 0 unspecified atom stereocenters. The molecule has 0 fully saturated rings. The van der Waals surface area contributed by atoms with E-state index < -0.39 is 0 Å². The number of methoxy groups -OCH3 is 2. The fourth-order valence-corrected chi connectivity index (χ4v) is 4.05. The second kappa shape index (κ2) is 5.48. The van der Waals surface area contributed by atoms with Crippen molar-refractivity contribution < 1.29 is 14.3 Å². The number of ether oxygens (including phenoxy) is 2. The van der Waals surface area contributed by atoms with Crippen LogP contribution in [0.5, 0.6) is 11.5 Å². The van der Waals surface area contributed by atoms with Crippen LogP contribution in [0.15, 0.2) is 23.4 Å². The maximum absolute atomic E-state index is 12.9. The largest absolute Gasteiger partial charge is 0.493 e. The van der Waals surface area contributed by atoms with Crippen LogP contribution in [0.2, 0.25) is 0 Å². The predicted octanol–water partition coefficient (Wildman–Crippen LogP) is 2.17. The summed E-state index contributed by atoms with van der Waals surface area (Å²) in [6, 6.07) is 4.22. The van der Waals surface area contributed by atoms with Crippen molar-refractivity contribution in [2.45, 2.75) is 31.7 Å². The van der Waals surface area contributed by atoms with Crippen LogP contribution in [0.4, 0.5) is 0 Å². The van der Waals surface area contributed by atoms with Crippen molar-refractivity contribution >= 4 is 5.91 Å². The van der Waals surface area contributed by atoms with E-state index in [0.29, 0.717) is 0 Å². The normalized spacial score (nSPS) is 22.8. The molecular weight excluding hydrogens is 292 g/mol. The van der Waals surface area contributed by atoms with Crippen LogP contribution >= 0.6 is 0 Å². The van der Waals surface area contributed by atoms with E-state index in [9.17, 15) is 4.79 Å². The average Bonchev–Trinajstić information content (AvgIpc) is 2.60. The zero-order chi connectivity index (χ0) is 16.0. The lowest BCUT2D eigenvalue weighted by Gasteiger charge is -2.43. The van der Waals surface area contributed by atoms with Gasteiger partial charge in [0.25, 0.3) is 5.91 Å².